The molecule has 4 N–H and O–H groups in total. The first kappa shape index (κ1) is 17.1. The number of hydrogen-bond donors (Lipinski definition) is 3. The molecule has 0 spiro atoms. The van der Waals surface area contributed by atoms with Gasteiger partial charge in [0.25, 0.3) is 5.91 Å². The van der Waals surface area contributed by atoms with E-state index < -0.39 is 17.9 Å². The monoisotopic (exact) mass is 354 g/mol. The van der Waals surface area contributed by atoms with Crippen molar-refractivity contribution < 1.29 is 14.7 Å². The number of nitrogens with one attached hydrogen (secondary N) is 1. The van der Waals surface area contributed by atoms with Gasteiger partial charge in [-0.2, -0.15) is 0 Å². The van der Waals surface area contributed by atoms with Crippen molar-refractivity contribution in [3.05, 3.63) is 52.0 Å². The van der Waals surface area contributed by atoms with Crippen LogP contribution in [0.15, 0.2) is 30.7 Å². The van der Waals surface area contributed by atoms with Gasteiger partial charge in [0.1, 0.15) is 6.04 Å². The molecule has 0 aliphatic rings. The molecular weight excluding hydrogens is 343 g/mol. The van der Waals surface area contributed by atoms with Gasteiger partial charge in [0.2, 0.25) is 0 Å². The highest BCUT2D eigenvalue weighted by Gasteiger charge is 2.19. The number of carboxylic acid groups (broad SMARTS) is 1. The molecule has 0 aliphatic carbocycles. The molecule has 0 aliphatic heterocycles. The van der Waals surface area contributed by atoms with Crippen molar-refractivity contribution in [2.24, 2.45) is 5.73 Å². The molecular formula is C14H12Cl2N4O3. The first-order chi connectivity index (χ1) is 10.9. The number of nitrogens with zero attached hydrogens (tertiary/aromatic N) is 2. The van der Waals surface area contributed by atoms with Crippen molar-refractivity contribution in [1.29, 1.82) is 0 Å². The standard InChI is InChI=1S/C14H12Cl2N4O3/c15-7-5-18-6-8(16)12(7)13(21)20-10-2-1-3-19-11(10)4-9(17)14(22)23/h1-3,5-6,9H,4,17H2,(H,20,21)(H,22,23)/t9-/m0/s1. The summed E-state index contributed by atoms with van der Waals surface area (Å²) in [5.41, 5.74) is 6.25. The van der Waals surface area contributed by atoms with Crippen molar-refractivity contribution >= 4 is 40.8 Å². The third-order valence-corrected chi connectivity index (χ3v) is 3.52. The molecule has 2 aromatic rings. The zero-order valence-electron chi connectivity index (χ0n) is 11.7. The summed E-state index contributed by atoms with van der Waals surface area (Å²) in [6.45, 7) is 0. The molecule has 0 radical (unpaired) electrons. The molecule has 7 nitrogen and oxygen atoms in total. The molecule has 2 rings (SSSR count). The van der Waals surface area contributed by atoms with E-state index in [0.717, 1.165) is 0 Å². The Hall–Kier alpha value is -2.22. The maximum absolute atomic E-state index is 12.3. The van der Waals surface area contributed by atoms with E-state index in [1.54, 1.807) is 12.1 Å². The Morgan fingerprint density at radius 2 is 1.96 bits per heavy atom. The van der Waals surface area contributed by atoms with Crippen LogP contribution >= 0.6 is 23.2 Å². The van der Waals surface area contributed by atoms with Gasteiger partial charge in [0, 0.05) is 25.0 Å². The maximum atomic E-state index is 12.3. The summed E-state index contributed by atoms with van der Waals surface area (Å²) in [6, 6.07) is 2.05. The van der Waals surface area contributed by atoms with Crippen LogP contribution in [0.3, 0.4) is 0 Å². The van der Waals surface area contributed by atoms with Gasteiger partial charge in [-0.3, -0.25) is 19.6 Å². The highest BCUT2D eigenvalue weighted by Crippen LogP contribution is 2.24. The predicted octanol–water partition coefficient (Wildman–Crippen LogP) is 1.99. The number of anilines is 1. The van der Waals surface area contributed by atoms with Crippen molar-refractivity contribution in [3.8, 4) is 0 Å². The number of hydrogen-bond acceptors (Lipinski definition) is 5. The minimum absolute atomic E-state index is 0.0381. The predicted molar refractivity (Wildman–Crippen MR) is 85.8 cm³/mol. The lowest BCUT2D eigenvalue weighted by Crippen LogP contribution is -2.33. The van der Waals surface area contributed by atoms with Gasteiger partial charge in [-0.05, 0) is 12.1 Å². The van der Waals surface area contributed by atoms with Crippen LogP contribution in [-0.2, 0) is 11.2 Å². The minimum Gasteiger partial charge on any atom is -0.480 e. The molecule has 0 saturated carbocycles. The molecule has 2 aromatic heterocycles. The zero-order valence-corrected chi connectivity index (χ0v) is 13.2. The lowest BCUT2D eigenvalue weighted by atomic mass is 10.1. The number of carbonyl (C=O) groups is 2. The number of nitrogens with two attached hydrogens (primary N) is 1. The van der Waals surface area contributed by atoms with Crippen LogP contribution in [0.2, 0.25) is 10.0 Å². The van der Waals surface area contributed by atoms with E-state index in [9.17, 15) is 9.59 Å². The second kappa shape index (κ2) is 7.36. The molecule has 120 valence electrons. The molecule has 0 fully saturated rings. The summed E-state index contributed by atoms with van der Waals surface area (Å²) in [4.78, 5) is 31.0. The summed E-state index contributed by atoms with van der Waals surface area (Å²) in [6.07, 6.45) is 4.04. The Morgan fingerprint density at radius 1 is 1.30 bits per heavy atom. The Labute approximate surface area is 141 Å². The number of rotatable bonds is 5. The minimum atomic E-state index is -1.16. The fourth-order valence-electron chi connectivity index (χ4n) is 1.82. The van der Waals surface area contributed by atoms with Gasteiger partial charge >= 0.3 is 5.97 Å². The Bertz CT molecular complexity index is 734. The van der Waals surface area contributed by atoms with Crippen molar-refractivity contribution in [2.75, 3.05) is 5.32 Å². The van der Waals surface area contributed by atoms with E-state index in [1.165, 1.54) is 18.6 Å². The van der Waals surface area contributed by atoms with Crippen LogP contribution in [0, 0.1) is 0 Å². The quantitative estimate of drug-likeness (QED) is 0.755. The van der Waals surface area contributed by atoms with Gasteiger partial charge in [0.15, 0.2) is 0 Å². The average Bonchev–Trinajstić information content (AvgIpc) is 2.48. The summed E-state index contributed by atoms with van der Waals surface area (Å²) < 4.78 is 0. The maximum Gasteiger partial charge on any atom is 0.320 e. The van der Waals surface area contributed by atoms with Crippen LogP contribution in [-0.4, -0.2) is 33.0 Å². The van der Waals surface area contributed by atoms with E-state index in [4.69, 9.17) is 34.0 Å². The average molecular weight is 355 g/mol. The fraction of sp³-hybridized carbons (Fsp3) is 0.143. The number of aliphatic carboxylic acids is 1. The van der Waals surface area contributed by atoms with E-state index in [0.29, 0.717) is 11.4 Å². The largest absolute Gasteiger partial charge is 0.480 e. The molecule has 0 saturated heterocycles. The smallest absolute Gasteiger partial charge is 0.320 e. The van der Waals surface area contributed by atoms with E-state index in [2.05, 4.69) is 15.3 Å². The molecule has 0 bridgehead atoms. The van der Waals surface area contributed by atoms with E-state index in [-0.39, 0.29) is 22.0 Å². The van der Waals surface area contributed by atoms with Crippen molar-refractivity contribution in [2.45, 2.75) is 12.5 Å². The Morgan fingerprint density at radius 3 is 2.57 bits per heavy atom. The third-order valence-electron chi connectivity index (χ3n) is 2.95. The number of halogens is 2. The fourth-order valence-corrected chi connectivity index (χ4v) is 2.36. The molecule has 0 aromatic carbocycles. The van der Waals surface area contributed by atoms with Gasteiger partial charge < -0.3 is 16.2 Å². The second-order valence-corrected chi connectivity index (χ2v) is 5.39. The Balaban J connectivity index is 2.27. The van der Waals surface area contributed by atoms with Crippen LogP contribution < -0.4 is 11.1 Å². The highest BCUT2D eigenvalue weighted by molar-refractivity contribution is 6.40. The van der Waals surface area contributed by atoms with Gasteiger partial charge in [0.05, 0.1) is 27.0 Å². The van der Waals surface area contributed by atoms with Gasteiger partial charge in [-0.15, -0.1) is 0 Å². The molecule has 2 heterocycles. The first-order valence-electron chi connectivity index (χ1n) is 6.42. The van der Waals surface area contributed by atoms with Gasteiger partial charge in [-0.25, -0.2) is 0 Å². The molecule has 0 unspecified atom stereocenters. The number of aromatic nitrogens is 2. The summed E-state index contributed by atoms with van der Waals surface area (Å²) >= 11 is 11.9. The number of pyridine rings is 2. The van der Waals surface area contributed by atoms with Gasteiger partial charge in [-0.1, -0.05) is 23.2 Å². The Kier molecular flexibility index (Phi) is 5.49. The third kappa shape index (κ3) is 4.16. The summed E-state index contributed by atoms with van der Waals surface area (Å²) in [5.74, 6) is -1.71. The van der Waals surface area contributed by atoms with E-state index in [1.807, 2.05) is 0 Å². The van der Waals surface area contributed by atoms with Crippen molar-refractivity contribution in [3.63, 3.8) is 0 Å². The number of carboxylic acids is 1. The highest BCUT2D eigenvalue weighted by atomic mass is 35.5. The lowest BCUT2D eigenvalue weighted by molar-refractivity contribution is -0.138. The molecule has 1 amide bonds. The number of carbonyl (C=O) groups excluding carboxylic acids is 1. The van der Waals surface area contributed by atoms with E-state index >= 15 is 0 Å². The normalized spacial score (nSPS) is 11.8. The SMILES string of the molecule is N[C@@H](Cc1ncccc1NC(=O)c1c(Cl)cncc1Cl)C(=O)O. The zero-order chi connectivity index (χ0) is 17.0. The van der Waals surface area contributed by atoms with Crippen LogP contribution in [0.25, 0.3) is 0 Å². The van der Waals surface area contributed by atoms with Crippen molar-refractivity contribution in [1.82, 2.24) is 9.97 Å². The molecule has 23 heavy (non-hydrogen) atoms. The topological polar surface area (TPSA) is 118 Å². The van der Waals surface area contributed by atoms with Crippen LogP contribution in [0.4, 0.5) is 5.69 Å². The lowest BCUT2D eigenvalue weighted by Gasteiger charge is -2.13. The summed E-state index contributed by atoms with van der Waals surface area (Å²) in [5, 5.41) is 11.7. The molecule has 1 atom stereocenters. The number of amides is 1. The second-order valence-electron chi connectivity index (χ2n) is 4.58. The van der Waals surface area contributed by atoms with Crippen LogP contribution in [0.1, 0.15) is 16.1 Å². The van der Waals surface area contributed by atoms with Crippen LogP contribution in [0.5, 0.6) is 0 Å². The molecule has 9 heteroatoms. The summed E-state index contributed by atoms with van der Waals surface area (Å²) in [7, 11) is 0. The first-order valence-corrected chi connectivity index (χ1v) is 7.18.